The number of thiophene rings is 2. The predicted molar refractivity (Wildman–Crippen MR) is 131 cm³/mol. The maximum absolute atomic E-state index is 13.6. The molecular formula is C23H20N4O3S3. The Labute approximate surface area is 202 Å². The zero-order chi connectivity index (χ0) is 22.9. The second-order valence-corrected chi connectivity index (χ2v) is 11.0. The van der Waals surface area contributed by atoms with Gasteiger partial charge in [-0.2, -0.15) is 5.26 Å². The van der Waals surface area contributed by atoms with Crippen molar-refractivity contribution >= 4 is 55.6 Å². The summed E-state index contributed by atoms with van der Waals surface area (Å²) in [5.74, 6) is 1.07. The monoisotopic (exact) mass is 496 g/mol. The molecule has 0 bridgehead atoms. The van der Waals surface area contributed by atoms with Crippen molar-refractivity contribution in [3.8, 4) is 6.07 Å². The van der Waals surface area contributed by atoms with Crippen LogP contribution in [0.5, 0.6) is 0 Å². The number of rotatable bonds is 6. The fourth-order valence-electron chi connectivity index (χ4n) is 4.00. The summed E-state index contributed by atoms with van der Waals surface area (Å²) in [6, 6.07) is 7.34. The van der Waals surface area contributed by atoms with Gasteiger partial charge in [0.2, 0.25) is 5.91 Å². The van der Waals surface area contributed by atoms with Crippen molar-refractivity contribution in [3.63, 3.8) is 0 Å². The van der Waals surface area contributed by atoms with Crippen molar-refractivity contribution in [3.05, 3.63) is 62.0 Å². The van der Waals surface area contributed by atoms with Gasteiger partial charge in [-0.1, -0.05) is 18.7 Å². The zero-order valence-electron chi connectivity index (χ0n) is 17.8. The number of amides is 1. The Morgan fingerprint density at radius 3 is 3.12 bits per heavy atom. The number of hydrogen-bond acceptors (Lipinski definition) is 8. The van der Waals surface area contributed by atoms with Crippen LogP contribution in [0, 0.1) is 17.2 Å². The number of fused-ring (bicyclic) bond motifs is 3. The number of nitrogens with one attached hydrogen (secondary N) is 1. The Balaban J connectivity index is 1.48. The number of thioether (sulfide) groups is 1. The Bertz CT molecular complexity index is 1430. The van der Waals surface area contributed by atoms with E-state index in [1.807, 2.05) is 6.07 Å². The van der Waals surface area contributed by atoms with Gasteiger partial charge in [-0.15, -0.1) is 22.7 Å². The van der Waals surface area contributed by atoms with Crippen LogP contribution in [0.2, 0.25) is 0 Å². The highest BCUT2D eigenvalue weighted by molar-refractivity contribution is 7.99. The van der Waals surface area contributed by atoms with E-state index in [0.717, 1.165) is 29.7 Å². The van der Waals surface area contributed by atoms with Gasteiger partial charge in [-0.3, -0.25) is 14.2 Å². The number of aromatic nitrogens is 2. The van der Waals surface area contributed by atoms with Gasteiger partial charge in [-0.05, 0) is 54.3 Å². The SMILES string of the molecule is CC1CCc2c(sc3nc(SCC(=O)Nc4sccc4C#N)n(Cc4ccco4)c(=O)c23)C1. The number of nitrogens with zero attached hydrogens (tertiary/aromatic N) is 3. The molecule has 4 aromatic heterocycles. The predicted octanol–water partition coefficient (Wildman–Crippen LogP) is 4.89. The minimum Gasteiger partial charge on any atom is -0.467 e. The number of furan rings is 1. The molecule has 0 spiro atoms. The van der Waals surface area contributed by atoms with Gasteiger partial charge in [0.05, 0.1) is 29.5 Å². The summed E-state index contributed by atoms with van der Waals surface area (Å²) >= 11 is 4.11. The second kappa shape index (κ2) is 9.17. The van der Waals surface area contributed by atoms with Crippen LogP contribution in [-0.2, 0) is 24.2 Å². The van der Waals surface area contributed by atoms with Crippen molar-refractivity contribution in [1.29, 1.82) is 5.26 Å². The third-order valence-corrected chi connectivity index (χ3v) is 8.60. The average Bonchev–Trinajstić information content (AvgIpc) is 3.53. The first-order valence-corrected chi connectivity index (χ1v) is 13.2. The smallest absolute Gasteiger partial charge is 0.263 e. The summed E-state index contributed by atoms with van der Waals surface area (Å²) in [5, 5.41) is 15.4. The largest absolute Gasteiger partial charge is 0.467 e. The summed E-state index contributed by atoms with van der Waals surface area (Å²) in [6.07, 6.45) is 4.51. The van der Waals surface area contributed by atoms with Gasteiger partial charge in [0, 0.05) is 4.88 Å². The molecule has 0 fully saturated rings. The molecule has 1 aliphatic carbocycles. The lowest BCUT2D eigenvalue weighted by molar-refractivity contribution is -0.113. The molecule has 1 amide bonds. The first-order valence-electron chi connectivity index (χ1n) is 10.5. The third-order valence-electron chi connectivity index (χ3n) is 5.65. The van der Waals surface area contributed by atoms with Crippen molar-refractivity contribution < 1.29 is 9.21 Å². The van der Waals surface area contributed by atoms with Crippen LogP contribution < -0.4 is 10.9 Å². The van der Waals surface area contributed by atoms with Gasteiger partial charge in [0.15, 0.2) is 5.16 Å². The number of anilines is 1. The lowest BCUT2D eigenvalue weighted by atomic mass is 9.89. The number of nitriles is 1. The molecule has 33 heavy (non-hydrogen) atoms. The summed E-state index contributed by atoms with van der Waals surface area (Å²) in [6.45, 7) is 2.49. The lowest BCUT2D eigenvalue weighted by Gasteiger charge is -2.17. The van der Waals surface area contributed by atoms with E-state index in [1.54, 1.807) is 39.7 Å². The Morgan fingerprint density at radius 1 is 1.45 bits per heavy atom. The summed E-state index contributed by atoms with van der Waals surface area (Å²) in [5.41, 5.74) is 1.48. The summed E-state index contributed by atoms with van der Waals surface area (Å²) < 4.78 is 7.09. The number of aryl methyl sites for hydroxylation is 1. The van der Waals surface area contributed by atoms with Crippen LogP contribution in [0.25, 0.3) is 10.2 Å². The fraction of sp³-hybridized carbons (Fsp3) is 0.304. The normalized spacial score (nSPS) is 15.3. The van der Waals surface area contributed by atoms with E-state index < -0.39 is 0 Å². The first-order chi connectivity index (χ1) is 16.0. The van der Waals surface area contributed by atoms with E-state index >= 15 is 0 Å². The minimum absolute atomic E-state index is 0.0704. The molecule has 0 aliphatic heterocycles. The molecule has 5 rings (SSSR count). The lowest BCUT2D eigenvalue weighted by Crippen LogP contribution is -2.25. The van der Waals surface area contributed by atoms with Crippen molar-refractivity contribution in [2.24, 2.45) is 5.92 Å². The molecule has 7 nitrogen and oxygen atoms in total. The number of hydrogen-bond donors (Lipinski definition) is 1. The van der Waals surface area contributed by atoms with E-state index in [2.05, 4.69) is 18.3 Å². The molecular weight excluding hydrogens is 476 g/mol. The van der Waals surface area contributed by atoms with Gasteiger partial charge < -0.3 is 9.73 Å². The Morgan fingerprint density at radius 2 is 2.33 bits per heavy atom. The molecule has 1 aliphatic rings. The van der Waals surface area contributed by atoms with Crippen molar-refractivity contribution in [2.75, 3.05) is 11.1 Å². The average molecular weight is 497 g/mol. The van der Waals surface area contributed by atoms with E-state index in [1.165, 1.54) is 28.0 Å². The molecule has 0 saturated carbocycles. The van der Waals surface area contributed by atoms with E-state index in [9.17, 15) is 9.59 Å². The van der Waals surface area contributed by atoms with Crippen LogP contribution in [0.4, 0.5) is 5.00 Å². The maximum atomic E-state index is 13.6. The molecule has 10 heteroatoms. The summed E-state index contributed by atoms with van der Waals surface area (Å²) in [4.78, 5) is 33.0. The molecule has 168 valence electrons. The maximum Gasteiger partial charge on any atom is 0.263 e. The number of carbonyl (C=O) groups excluding carboxylic acids is 1. The van der Waals surface area contributed by atoms with Crippen LogP contribution >= 0.6 is 34.4 Å². The van der Waals surface area contributed by atoms with Crippen molar-refractivity contribution in [2.45, 2.75) is 37.9 Å². The topological polar surface area (TPSA) is 101 Å². The molecule has 0 aromatic carbocycles. The minimum atomic E-state index is -0.253. The van der Waals surface area contributed by atoms with Crippen LogP contribution in [0.3, 0.4) is 0 Å². The van der Waals surface area contributed by atoms with E-state index in [0.29, 0.717) is 32.8 Å². The molecule has 0 radical (unpaired) electrons. The fourth-order valence-corrected chi connectivity index (χ4v) is 6.98. The number of carbonyl (C=O) groups is 1. The van der Waals surface area contributed by atoms with Crippen LogP contribution in [0.1, 0.15) is 35.1 Å². The first kappa shape index (κ1) is 21.9. The molecule has 1 atom stereocenters. The van der Waals surface area contributed by atoms with Gasteiger partial charge in [-0.25, -0.2) is 4.98 Å². The molecule has 4 aromatic rings. The third kappa shape index (κ3) is 4.36. The van der Waals surface area contributed by atoms with Crippen LogP contribution in [-0.4, -0.2) is 21.2 Å². The standard InChI is InChI=1S/C23H20N4O3S3/c1-13-4-5-16-17(9-13)33-21-19(16)22(29)27(11-15-3-2-7-30-15)23(26-21)32-12-18(28)25-20-14(10-24)6-8-31-20/h2-3,6-8,13H,4-5,9,11-12H2,1H3,(H,25,28). The molecule has 4 heterocycles. The molecule has 1 N–H and O–H groups in total. The Hall–Kier alpha value is -2.87. The highest BCUT2D eigenvalue weighted by Gasteiger charge is 2.25. The second-order valence-electron chi connectivity index (χ2n) is 8.01. The van der Waals surface area contributed by atoms with Crippen molar-refractivity contribution in [1.82, 2.24) is 9.55 Å². The van der Waals surface area contributed by atoms with E-state index in [4.69, 9.17) is 14.7 Å². The van der Waals surface area contributed by atoms with Gasteiger partial charge in [0.25, 0.3) is 5.56 Å². The summed E-state index contributed by atoms with van der Waals surface area (Å²) in [7, 11) is 0. The highest BCUT2D eigenvalue weighted by atomic mass is 32.2. The van der Waals surface area contributed by atoms with E-state index in [-0.39, 0.29) is 23.8 Å². The van der Waals surface area contributed by atoms with Gasteiger partial charge >= 0.3 is 0 Å². The zero-order valence-corrected chi connectivity index (χ0v) is 20.2. The quantitative estimate of drug-likeness (QED) is 0.301. The molecule has 1 unspecified atom stereocenters. The highest BCUT2D eigenvalue weighted by Crippen LogP contribution is 2.36. The Kier molecular flexibility index (Phi) is 6.10. The van der Waals surface area contributed by atoms with Gasteiger partial charge in [0.1, 0.15) is 21.7 Å². The van der Waals surface area contributed by atoms with Crippen LogP contribution in [0.15, 0.2) is 44.2 Å². The molecule has 0 saturated heterocycles.